The minimum atomic E-state index is -4.59. The van der Waals surface area contributed by atoms with Crippen LogP contribution in [-0.4, -0.2) is 36.5 Å². The molecule has 0 aliphatic rings. The number of nitrogens with one attached hydrogen (secondary N) is 1. The number of rotatable bonds is 5. The van der Waals surface area contributed by atoms with E-state index in [-0.39, 0.29) is 5.57 Å². The average Bonchev–Trinajstić information content (AvgIpc) is 2.20. The Labute approximate surface area is 102 Å². The summed E-state index contributed by atoms with van der Waals surface area (Å²) in [5, 5.41) is 2.17. The molecule has 0 aliphatic heterocycles. The zero-order valence-electron chi connectivity index (χ0n) is 9.97. The van der Waals surface area contributed by atoms with Gasteiger partial charge in [-0.05, 0) is 0 Å². The van der Waals surface area contributed by atoms with Gasteiger partial charge in [0.25, 0.3) is 0 Å². The van der Waals surface area contributed by atoms with Crippen LogP contribution < -0.4 is 11.1 Å². The molecule has 2 amide bonds. The molecule has 0 bridgehead atoms. The number of nitrogens with two attached hydrogens (primary N) is 1. The van der Waals surface area contributed by atoms with Gasteiger partial charge < -0.3 is 16.0 Å². The van der Waals surface area contributed by atoms with Gasteiger partial charge in [0.1, 0.15) is 5.70 Å². The van der Waals surface area contributed by atoms with Gasteiger partial charge in [0.05, 0.1) is 5.57 Å². The number of allylic oxidation sites excluding steroid dienone is 1. The van der Waals surface area contributed by atoms with Gasteiger partial charge in [-0.1, -0.05) is 6.58 Å². The first-order chi connectivity index (χ1) is 8.05. The number of hydrogen-bond acceptors (Lipinski definition) is 3. The molecule has 0 aromatic rings. The summed E-state index contributed by atoms with van der Waals surface area (Å²) in [6.07, 6.45) is -3.61. The molecule has 102 valence electrons. The summed E-state index contributed by atoms with van der Waals surface area (Å²) >= 11 is 0. The predicted molar refractivity (Wildman–Crippen MR) is 58.9 cm³/mol. The lowest BCUT2D eigenvalue weighted by atomic mass is 10.2. The lowest BCUT2D eigenvalue weighted by molar-refractivity contribution is -0.118. The molecule has 5 nitrogen and oxygen atoms in total. The third-order valence-corrected chi connectivity index (χ3v) is 1.96. The van der Waals surface area contributed by atoms with Crippen molar-refractivity contribution in [1.29, 1.82) is 0 Å². The van der Waals surface area contributed by atoms with E-state index in [9.17, 15) is 22.8 Å². The Bertz CT molecular complexity index is 388. The molecule has 18 heavy (non-hydrogen) atoms. The number of amides is 2. The van der Waals surface area contributed by atoms with Crippen LogP contribution in [0, 0.1) is 0 Å². The molecule has 8 heteroatoms. The fourth-order valence-corrected chi connectivity index (χ4v) is 0.951. The molecule has 0 aliphatic carbocycles. The third kappa shape index (κ3) is 5.37. The highest BCUT2D eigenvalue weighted by atomic mass is 19.4. The van der Waals surface area contributed by atoms with Crippen LogP contribution in [0.5, 0.6) is 0 Å². The Hall–Kier alpha value is -1.99. The molecule has 0 atom stereocenters. The number of nitrogens with zero attached hydrogens (tertiary/aromatic N) is 1. The molecule has 0 saturated carbocycles. The largest absolute Gasteiger partial charge is 0.430 e. The highest BCUT2D eigenvalue weighted by Crippen LogP contribution is 2.26. The van der Waals surface area contributed by atoms with E-state index >= 15 is 0 Å². The van der Waals surface area contributed by atoms with Gasteiger partial charge in [-0.15, -0.1) is 0 Å². The van der Waals surface area contributed by atoms with Crippen LogP contribution in [0.4, 0.5) is 13.2 Å². The first kappa shape index (κ1) is 16.0. The number of alkyl halides is 3. The van der Waals surface area contributed by atoms with Crippen molar-refractivity contribution in [2.75, 3.05) is 13.6 Å². The molecule has 0 spiro atoms. The highest BCUT2D eigenvalue weighted by Gasteiger charge is 2.34. The van der Waals surface area contributed by atoms with E-state index in [2.05, 4.69) is 11.9 Å². The van der Waals surface area contributed by atoms with Crippen molar-refractivity contribution >= 4 is 11.8 Å². The number of hydrogen-bond donors (Lipinski definition) is 2. The average molecular weight is 265 g/mol. The number of halogens is 3. The molecular weight excluding hydrogens is 251 g/mol. The monoisotopic (exact) mass is 265 g/mol. The van der Waals surface area contributed by atoms with Gasteiger partial charge in [0.15, 0.2) is 0 Å². The maximum absolute atomic E-state index is 12.3. The Morgan fingerprint density at radius 1 is 1.44 bits per heavy atom. The minimum absolute atomic E-state index is 0.168. The molecule has 0 unspecified atom stereocenters. The maximum Gasteiger partial charge on any atom is 0.430 e. The van der Waals surface area contributed by atoms with Gasteiger partial charge in [-0.2, -0.15) is 13.2 Å². The van der Waals surface area contributed by atoms with Crippen molar-refractivity contribution < 1.29 is 22.8 Å². The smallest absolute Gasteiger partial charge is 0.366 e. The van der Waals surface area contributed by atoms with Gasteiger partial charge in [-0.3, -0.25) is 9.59 Å². The van der Waals surface area contributed by atoms with Crippen molar-refractivity contribution in [2.45, 2.75) is 13.1 Å². The summed E-state index contributed by atoms with van der Waals surface area (Å²) in [4.78, 5) is 22.3. The lowest BCUT2D eigenvalue weighted by Crippen LogP contribution is -2.33. The predicted octanol–water partition coefficient (Wildman–Crippen LogP) is 0.499. The van der Waals surface area contributed by atoms with Crippen molar-refractivity contribution in [3.8, 4) is 0 Å². The number of carbonyl (C=O) groups is 2. The van der Waals surface area contributed by atoms with Crippen molar-refractivity contribution in [3.05, 3.63) is 24.0 Å². The molecule has 0 fully saturated rings. The zero-order valence-corrected chi connectivity index (χ0v) is 9.97. The molecule has 0 aromatic heterocycles. The van der Waals surface area contributed by atoms with Gasteiger partial charge >= 0.3 is 6.18 Å². The van der Waals surface area contributed by atoms with Crippen LogP contribution >= 0.6 is 0 Å². The second-order valence-corrected chi connectivity index (χ2v) is 3.53. The first-order valence-electron chi connectivity index (χ1n) is 4.79. The van der Waals surface area contributed by atoms with Gasteiger partial charge in [-0.25, -0.2) is 0 Å². The maximum atomic E-state index is 12.3. The van der Waals surface area contributed by atoms with E-state index in [1.165, 1.54) is 6.92 Å². The van der Waals surface area contributed by atoms with Crippen molar-refractivity contribution in [1.82, 2.24) is 10.2 Å². The molecule has 0 aromatic carbocycles. The fourth-order valence-electron chi connectivity index (χ4n) is 0.951. The Kier molecular flexibility index (Phi) is 5.41. The lowest BCUT2D eigenvalue weighted by Gasteiger charge is -2.23. The third-order valence-electron chi connectivity index (χ3n) is 1.96. The van der Waals surface area contributed by atoms with E-state index in [0.29, 0.717) is 0 Å². The first-order valence-corrected chi connectivity index (χ1v) is 4.79. The SMILES string of the molecule is C=C(N(C)C/C(=C/NC(C)=O)C(N)=O)C(F)(F)F. The summed E-state index contributed by atoms with van der Waals surface area (Å²) in [5.74, 6) is -1.39. The van der Waals surface area contributed by atoms with Gasteiger partial charge in [0.2, 0.25) is 11.8 Å². The minimum Gasteiger partial charge on any atom is -0.366 e. The van der Waals surface area contributed by atoms with Crippen LogP contribution in [-0.2, 0) is 9.59 Å². The van der Waals surface area contributed by atoms with E-state index in [1.807, 2.05) is 0 Å². The van der Waals surface area contributed by atoms with E-state index in [0.717, 1.165) is 18.1 Å². The van der Waals surface area contributed by atoms with E-state index in [4.69, 9.17) is 5.73 Å². The molecular formula is C10H14F3N3O2. The van der Waals surface area contributed by atoms with E-state index in [1.54, 1.807) is 0 Å². The van der Waals surface area contributed by atoms with Gasteiger partial charge in [0, 0.05) is 26.7 Å². The number of carbonyl (C=O) groups excluding carboxylic acids is 2. The standard InChI is InChI=1S/C10H14F3N3O2/c1-6(10(11,12)13)16(3)5-8(9(14)18)4-15-7(2)17/h4H,1,5H2,2-3H3,(H2,14,18)(H,15,17)/b8-4-. The summed E-state index contributed by atoms with van der Waals surface area (Å²) in [6, 6.07) is 0. The quantitative estimate of drug-likeness (QED) is 0.711. The Morgan fingerprint density at radius 2 is 1.94 bits per heavy atom. The second kappa shape index (κ2) is 6.08. The normalized spacial score (nSPS) is 11.9. The van der Waals surface area contributed by atoms with Crippen molar-refractivity contribution in [3.63, 3.8) is 0 Å². The van der Waals surface area contributed by atoms with Crippen molar-refractivity contribution in [2.24, 2.45) is 5.73 Å². The molecule has 0 rings (SSSR count). The second-order valence-electron chi connectivity index (χ2n) is 3.53. The zero-order chi connectivity index (χ0) is 14.5. The molecule has 0 heterocycles. The van der Waals surface area contributed by atoms with Crippen LogP contribution in [0.2, 0.25) is 0 Å². The van der Waals surface area contributed by atoms with Crippen LogP contribution in [0.25, 0.3) is 0 Å². The van der Waals surface area contributed by atoms with Crippen LogP contribution in [0.1, 0.15) is 6.92 Å². The number of likely N-dealkylation sites (N-methyl/N-ethyl adjacent to an activating group) is 1. The van der Waals surface area contributed by atoms with Crippen LogP contribution in [0.15, 0.2) is 24.0 Å². The summed E-state index contributed by atoms with van der Waals surface area (Å²) in [6.45, 7) is 3.65. The van der Waals surface area contributed by atoms with E-state index < -0.39 is 30.2 Å². The topological polar surface area (TPSA) is 75.4 Å². The number of primary amides is 1. The molecule has 0 saturated heterocycles. The summed E-state index contributed by atoms with van der Waals surface area (Å²) < 4.78 is 37.0. The highest BCUT2D eigenvalue weighted by molar-refractivity contribution is 5.93. The van der Waals surface area contributed by atoms with Crippen LogP contribution in [0.3, 0.4) is 0 Å². The summed E-state index contributed by atoms with van der Waals surface area (Å²) in [7, 11) is 1.11. The molecule has 3 N–H and O–H groups in total. The summed E-state index contributed by atoms with van der Waals surface area (Å²) in [5.41, 5.74) is 3.70. The molecule has 0 radical (unpaired) electrons. The fraction of sp³-hybridized carbons (Fsp3) is 0.400. The Morgan fingerprint density at radius 3 is 2.28 bits per heavy atom. The Balaban J connectivity index is 4.81.